The predicted molar refractivity (Wildman–Crippen MR) is 95.0 cm³/mol. The Hall–Kier alpha value is -1.36. The number of hydrogen-bond donors (Lipinski definition) is 1. The average molecular weight is 333 g/mol. The summed E-state index contributed by atoms with van der Waals surface area (Å²) in [4.78, 5) is 2.51. The van der Waals surface area contributed by atoms with E-state index in [-0.39, 0.29) is 0 Å². The summed E-state index contributed by atoms with van der Waals surface area (Å²) in [6.45, 7) is 11.5. The number of halogens is 1. The maximum Gasteiger partial charge on any atom is 0.0677 e. The number of benzene rings is 1. The molecule has 0 radical (unpaired) electrons. The van der Waals surface area contributed by atoms with E-state index in [0.29, 0.717) is 6.04 Å². The Balaban J connectivity index is 1.78. The van der Waals surface area contributed by atoms with Crippen LogP contribution in [0.2, 0.25) is 5.02 Å². The van der Waals surface area contributed by atoms with Crippen LogP contribution in [-0.4, -0.2) is 40.4 Å². The first-order chi connectivity index (χ1) is 11.0. The maximum atomic E-state index is 6.29. The number of nitrogens with zero attached hydrogens (tertiary/aromatic N) is 3. The molecule has 1 aliphatic rings. The highest BCUT2D eigenvalue weighted by molar-refractivity contribution is 6.31. The highest BCUT2D eigenvalue weighted by Gasteiger charge is 2.19. The van der Waals surface area contributed by atoms with Crippen molar-refractivity contribution in [1.29, 1.82) is 0 Å². The van der Waals surface area contributed by atoms with E-state index in [4.69, 9.17) is 16.7 Å². The lowest BCUT2D eigenvalue weighted by molar-refractivity contribution is 0.199. The fraction of sp³-hybridized carbons (Fsp3) is 0.500. The first-order valence-electron chi connectivity index (χ1n) is 8.26. The van der Waals surface area contributed by atoms with E-state index in [2.05, 4.69) is 41.7 Å². The van der Waals surface area contributed by atoms with Crippen LogP contribution >= 0.6 is 11.6 Å². The maximum absolute atomic E-state index is 6.29. The van der Waals surface area contributed by atoms with Crippen LogP contribution in [0.1, 0.15) is 29.4 Å². The highest BCUT2D eigenvalue weighted by atomic mass is 35.5. The van der Waals surface area contributed by atoms with Crippen molar-refractivity contribution in [1.82, 2.24) is 20.0 Å². The summed E-state index contributed by atoms with van der Waals surface area (Å²) >= 11 is 6.29. The molecule has 3 rings (SSSR count). The average Bonchev–Trinajstić information content (AvgIpc) is 2.77. The third kappa shape index (κ3) is 3.77. The number of nitrogens with one attached hydrogen (secondary N) is 1. The molecule has 23 heavy (non-hydrogen) atoms. The fourth-order valence-electron chi connectivity index (χ4n) is 3.28. The van der Waals surface area contributed by atoms with Crippen LogP contribution in [0.4, 0.5) is 0 Å². The van der Waals surface area contributed by atoms with Crippen molar-refractivity contribution in [2.75, 3.05) is 19.6 Å². The van der Waals surface area contributed by atoms with Gasteiger partial charge in [0, 0.05) is 48.5 Å². The van der Waals surface area contributed by atoms with E-state index in [9.17, 15) is 0 Å². The van der Waals surface area contributed by atoms with Crippen molar-refractivity contribution < 1.29 is 0 Å². The molecule has 2 aromatic rings. The number of piperazine rings is 1. The Morgan fingerprint density at radius 3 is 2.78 bits per heavy atom. The Morgan fingerprint density at radius 1 is 1.26 bits per heavy atom. The summed E-state index contributed by atoms with van der Waals surface area (Å²) in [7, 11) is 0. The minimum absolute atomic E-state index is 0.558. The van der Waals surface area contributed by atoms with E-state index in [0.717, 1.165) is 49.0 Å². The van der Waals surface area contributed by atoms with E-state index in [1.54, 1.807) is 0 Å². The van der Waals surface area contributed by atoms with Crippen molar-refractivity contribution in [2.45, 2.75) is 39.9 Å². The van der Waals surface area contributed by atoms with Gasteiger partial charge in [-0.25, -0.2) is 0 Å². The van der Waals surface area contributed by atoms with Gasteiger partial charge in [0.2, 0.25) is 0 Å². The number of hydrogen-bond acceptors (Lipinski definition) is 3. The van der Waals surface area contributed by atoms with Crippen LogP contribution in [0.3, 0.4) is 0 Å². The molecule has 0 unspecified atom stereocenters. The molecule has 5 heteroatoms. The minimum atomic E-state index is 0.558. The second kappa shape index (κ2) is 7.04. The van der Waals surface area contributed by atoms with Gasteiger partial charge in [-0.15, -0.1) is 0 Å². The monoisotopic (exact) mass is 332 g/mol. The Morgan fingerprint density at radius 2 is 2.04 bits per heavy atom. The molecule has 0 amide bonds. The van der Waals surface area contributed by atoms with Crippen LogP contribution in [-0.2, 0) is 13.1 Å². The first kappa shape index (κ1) is 16.5. The van der Waals surface area contributed by atoms with Gasteiger partial charge in [-0.1, -0.05) is 29.8 Å². The van der Waals surface area contributed by atoms with Crippen molar-refractivity contribution in [3.8, 4) is 0 Å². The van der Waals surface area contributed by atoms with Gasteiger partial charge in [-0.2, -0.15) is 5.10 Å². The minimum Gasteiger partial charge on any atom is -0.312 e. The van der Waals surface area contributed by atoms with Crippen molar-refractivity contribution in [3.63, 3.8) is 0 Å². The van der Waals surface area contributed by atoms with E-state index in [1.165, 1.54) is 11.3 Å². The standard InChI is InChI=1S/C18H25ClN4/c1-13-10-22(9-8-20-13)12-17-14(2)21-23(15(17)3)11-16-6-4-5-7-18(16)19/h4-7,13,20H,8-12H2,1-3H3/t13-/m0/s1. The van der Waals surface area contributed by atoms with Crippen LogP contribution in [0.5, 0.6) is 0 Å². The lowest BCUT2D eigenvalue weighted by Crippen LogP contribution is -2.48. The molecule has 1 aliphatic heterocycles. The van der Waals surface area contributed by atoms with Crippen LogP contribution < -0.4 is 5.32 Å². The molecule has 0 spiro atoms. The summed E-state index contributed by atoms with van der Waals surface area (Å²) in [5.74, 6) is 0. The second-order valence-corrected chi connectivity index (χ2v) is 6.90. The SMILES string of the molecule is Cc1nn(Cc2ccccc2Cl)c(C)c1CN1CCN[C@@H](C)C1. The van der Waals surface area contributed by atoms with E-state index >= 15 is 0 Å². The topological polar surface area (TPSA) is 33.1 Å². The van der Waals surface area contributed by atoms with Crippen molar-refractivity contribution in [2.24, 2.45) is 0 Å². The lowest BCUT2D eigenvalue weighted by Gasteiger charge is -2.31. The number of rotatable bonds is 4. The summed E-state index contributed by atoms with van der Waals surface area (Å²) in [6, 6.07) is 8.55. The molecule has 1 fully saturated rings. The molecule has 124 valence electrons. The van der Waals surface area contributed by atoms with Gasteiger partial charge >= 0.3 is 0 Å². The first-order valence-corrected chi connectivity index (χ1v) is 8.64. The van der Waals surface area contributed by atoms with Gasteiger partial charge in [0.1, 0.15) is 0 Å². The summed E-state index contributed by atoms with van der Waals surface area (Å²) in [5, 5.41) is 9.04. The number of aromatic nitrogens is 2. The zero-order chi connectivity index (χ0) is 16.4. The molecule has 0 bridgehead atoms. The molecule has 1 aromatic carbocycles. The molecular weight excluding hydrogens is 308 g/mol. The Labute approximate surface area is 143 Å². The van der Waals surface area contributed by atoms with Gasteiger partial charge in [0.25, 0.3) is 0 Å². The normalized spacial score (nSPS) is 19.2. The molecule has 2 heterocycles. The zero-order valence-electron chi connectivity index (χ0n) is 14.1. The molecule has 1 atom stereocenters. The summed E-state index contributed by atoms with van der Waals surface area (Å²) in [5.41, 5.74) is 4.84. The summed E-state index contributed by atoms with van der Waals surface area (Å²) in [6.07, 6.45) is 0. The van der Waals surface area contributed by atoms with Gasteiger partial charge in [-0.3, -0.25) is 9.58 Å². The Bertz CT molecular complexity index is 680. The quantitative estimate of drug-likeness (QED) is 0.934. The lowest BCUT2D eigenvalue weighted by atomic mass is 10.1. The zero-order valence-corrected chi connectivity index (χ0v) is 14.9. The highest BCUT2D eigenvalue weighted by Crippen LogP contribution is 2.20. The van der Waals surface area contributed by atoms with Gasteiger partial charge in [0.15, 0.2) is 0 Å². The predicted octanol–water partition coefficient (Wildman–Crippen LogP) is 3.00. The van der Waals surface area contributed by atoms with Crippen LogP contribution in [0.15, 0.2) is 24.3 Å². The van der Waals surface area contributed by atoms with Crippen LogP contribution in [0.25, 0.3) is 0 Å². The largest absolute Gasteiger partial charge is 0.312 e. The smallest absolute Gasteiger partial charge is 0.0677 e. The molecular formula is C18H25ClN4. The van der Waals surface area contributed by atoms with Crippen molar-refractivity contribution in [3.05, 3.63) is 51.8 Å². The molecule has 4 nitrogen and oxygen atoms in total. The van der Waals surface area contributed by atoms with Gasteiger partial charge in [0.05, 0.1) is 12.2 Å². The number of aryl methyl sites for hydroxylation is 1. The second-order valence-electron chi connectivity index (χ2n) is 6.49. The van der Waals surface area contributed by atoms with Crippen LogP contribution in [0, 0.1) is 13.8 Å². The molecule has 1 saturated heterocycles. The van der Waals surface area contributed by atoms with Gasteiger partial charge < -0.3 is 5.32 Å². The third-order valence-electron chi connectivity index (χ3n) is 4.64. The summed E-state index contributed by atoms with van der Waals surface area (Å²) < 4.78 is 2.08. The fourth-order valence-corrected chi connectivity index (χ4v) is 3.48. The van der Waals surface area contributed by atoms with Gasteiger partial charge in [-0.05, 0) is 32.4 Å². The van der Waals surface area contributed by atoms with Crippen molar-refractivity contribution >= 4 is 11.6 Å². The molecule has 1 N–H and O–H groups in total. The third-order valence-corrected chi connectivity index (χ3v) is 5.01. The van der Waals surface area contributed by atoms with E-state index < -0.39 is 0 Å². The Kier molecular flexibility index (Phi) is 5.05. The molecule has 1 aromatic heterocycles. The molecule has 0 saturated carbocycles. The van der Waals surface area contributed by atoms with E-state index in [1.807, 2.05) is 18.2 Å². The molecule has 0 aliphatic carbocycles.